The van der Waals surface area contributed by atoms with Gasteiger partial charge in [-0.2, -0.15) is 0 Å². The van der Waals surface area contributed by atoms with E-state index in [2.05, 4.69) is 0 Å². The number of fused-ring (bicyclic) bond motifs is 1. The SMILES string of the molecule is COC1=CC2CC=C2C1=O. The van der Waals surface area contributed by atoms with Crippen molar-refractivity contribution in [2.45, 2.75) is 6.42 Å². The molecule has 0 aromatic rings. The molecule has 10 heavy (non-hydrogen) atoms. The topological polar surface area (TPSA) is 26.3 Å². The summed E-state index contributed by atoms with van der Waals surface area (Å²) in [6, 6.07) is 0. The maximum absolute atomic E-state index is 11.1. The summed E-state index contributed by atoms with van der Waals surface area (Å²) in [6.07, 6.45) is 4.88. The van der Waals surface area contributed by atoms with Gasteiger partial charge in [0, 0.05) is 11.5 Å². The van der Waals surface area contributed by atoms with E-state index >= 15 is 0 Å². The second-order valence-corrected chi connectivity index (χ2v) is 2.57. The number of ketones is 1. The second-order valence-electron chi connectivity index (χ2n) is 2.57. The molecule has 0 aliphatic heterocycles. The summed E-state index contributed by atoms with van der Waals surface area (Å²) in [5.74, 6) is 0.981. The van der Waals surface area contributed by atoms with Gasteiger partial charge in [-0.3, -0.25) is 4.79 Å². The normalized spacial score (nSPS) is 28.5. The van der Waals surface area contributed by atoms with E-state index in [0.29, 0.717) is 11.7 Å². The van der Waals surface area contributed by atoms with Crippen LogP contribution < -0.4 is 0 Å². The molecule has 52 valence electrons. The van der Waals surface area contributed by atoms with E-state index in [1.807, 2.05) is 12.2 Å². The van der Waals surface area contributed by atoms with Crippen LogP contribution in [0.3, 0.4) is 0 Å². The highest BCUT2D eigenvalue weighted by atomic mass is 16.5. The second kappa shape index (κ2) is 1.72. The molecular formula is C8H8O2. The number of hydrogen-bond donors (Lipinski definition) is 0. The maximum Gasteiger partial charge on any atom is 0.223 e. The van der Waals surface area contributed by atoms with Crippen LogP contribution in [-0.2, 0) is 9.53 Å². The molecule has 2 aliphatic rings. The maximum atomic E-state index is 11.1. The number of allylic oxidation sites excluding steroid dienone is 3. The highest BCUT2D eigenvalue weighted by molar-refractivity contribution is 6.11. The van der Waals surface area contributed by atoms with E-state index in [4.69, 9.17) is 4.74 Å². The molecule has 2 heteroatoms. The predicted molar refractivity (Wildman–Crippen MR) is 36.3 cm³/mol. The molecule has 0 amide bonds. The van der Waals surface area contributed by atoms with Crippen LogP contribution in [0.1, 0.15) is 6.42 Å². The Morgan fingerprint density at radius 2 is 2.50 bits per heavy atom. The lowest BCUT2D eigenvalue weighted by Crippen LogP contribution is -2.11. The smallest absolute Gasteiger partial charge is 0.223 e. The molecule has 1 unspecified atom stereocenters. The van der Waals surface area contributed by atoms with Gasteiger partial charge in [-0.25, -0.2) is 0 Å². The van der Waals surface area contributed by atoms with Crippen molar-refractivity contribution < 1.29 is 9.53 Å². The Bertz CT molecular complexity index is 248. The van der Waals surface area contributed by atoms with Crippen LogP contribution in [-0.4, -0.2) is 12.9 Å². The first-order valence-corrected chi connectivity index (χ1v) is 3.33. The first kappa shape index (κ1) is 5.71. The molecule has 0 heterocycles. The van der Waals surface area contributed by atoms with Crippen molar-refractivity contribution in [1.29, 1.82) is 0 Å². The third-order valence-electron chi connectivity index (χ3n) is 2.05. The Labute approximate surface area is 59.2 Å². The zero-order chi connectivity index (χ0) is 7.14. The fourth-order valence-corrected chi connectivity index (χ4v) is 1.35. The predicted octanol–water partition coefficient (Wildman–Crippen LogP) is 1.05. The number of hydrogen-bond acceptors (Lipinski definition) is 2. The van der Waals surface area contributed by atoms with Gasteiger partial charge < -0.3 is 4.74 Å². The van der Waals surface area contributed by atoms with E-state index in [-0.39, 0.29) is 5.78 Å². The van der Waals surface area contributed by atoms with Gasteiger partial charge >= 0.3 is 0 Å². The monoisotopic (exact) mass is 136 g/mol. The molecule has 0 spiro atoms. The Morgan fingerprint density at radius 3 is 2.80 bits per heavy atom. The minimum atomic E-state index is 0.0822. The molecule has 1 atom stereocenters. The number of ether oxygens (including phenoxy) is 1. The van der Waals surface area contributed by atoms with Crippen molar-refractivity contribution in [3.63, 3.8) is 0 Å². The van der Waals surface area contributed by atoms with Crippen LogP contribution in [0.4, 0.5) is 0 Å². The Morgan fingerprint density at radius 1 is 1.70 bits per heavy atom. The summed E-state index contributed by atoms with van der Waals surface area (Å²) < 4.78 is 4.87. The Hall–Kier alpha value is -1.05. The average molecular weight is 136 g/mol. The van der Waals surface area contributed by atoms with Crippen LogP contribution in [0.5, 0.6) is 0 Å². The fourth-order valence-electron chi connectivity index (χ4n) is 1.35. The molecule has 0 N–H and O–H groups in total. The van der Waals surface area contributed by atoms with E-state index in [1.54, 1.807) is 0 Å². The average Bonchev–Trinajstić information content (AvgIpc) is 2.05. The molecule has 0 saturated carbocycles. The summed E-state index contributed by atoms with van der Waals surface area (Å²) in [6.45, 7) is 0. The molecule has 0 bridgehead atoms. The molecular weight excluding hydrogens is 128 g/mol. The largest absolute Gasteiger partial charge is 0.493 e. The third-order valence-corrected chi connectivity index (χ3v) is 2.05. The van der Waals surface area contributed by atoms with Crippen molar-refractivity contribution in [1.82, 2.24) is 0 Å². The summed E-state index contributed by atoms with van der Waals surface area (Å²) >= 11 is 0. The zero-order valence-corrected chi connectivity index (χ0v) is 5.76. The van der Waals surface area contributed by atoms with Crippen molar-refractivity contribution in [2.24, 2.45) is 5.92 Å². The molecule has 0 saturated heterocycles. The molecule has 0 fully saturated rings. The van der Waals surface area contributed by atoms with Gasteiger partial charge in [0.2, 0.25) is 5.78 Å². The first-order valence-electron chi connectivity index (χ1n) is 3.33. The fraction of sp³-hybridized carbons (Fsp3) is 0.375. The van der Waals surface area contributed by atoms with Crippen LogP contribution in [0.25, 0.3) is 0 Å². The van der Waals surface area contributed by atoms with E-state index in [1.165, 1.54) is 7.11 Å². The van der Waals surface area contributed by atoms with Gasteiger partial charge in [0.25, 0.3) is 0 Å². The molecule has 0 radical (unpaired) electrons. The molecule has 2 aliphatic carbocycles. The summed E-state index contributed by atoms with van der Waals surface area (Å²) in [5, 5.41) is 0. The summed E-state index contributed by atoms with van der Waals surface area (Å²) in [5.41, 5.74) is 0.928. The molecule has 2 rings (SSSR count). The highest BCUT2D eigenvalue weighted by Crippen LogP contribution is 2.37. The lowest BCUT2D eigenvalue weighted by Gasteiger charge is -2.15. The van der Waals surface area contributed by atoms with Crippen LogP contribution >= 0.6 is 0 Å². The Kier molecular flexibility index (Phi) is 0.982. The van der Waals surface area contributed by atoms with Gasteiger partial charge in [0.15, 0.2) is 5.76 Å². The minimum Gasteiger partial charge on any atom is -0.493 e. The first-order chi connectivity index (χ1) is 4.83. The summed E-state index contributed by atoms with van der Waals surface area (Å²) in [7, 11) is 1.54. The number of Topliss-reactive ketones (excluding diaryl/α,β-unsaturated/α-hetero) is 1. The zero-order valence-electron chi connectivity index (χ0n) is 5.76. The number of carbonyl (C=O) groups excluding carboxylic acids is 1. The third kappa shape index (κ3) is 0.511. The lowest BCUT2D eigenvalue weighted by atomic mass is 9.87. The van der Waals surface area contributed by atoms with Crippen LogP contribution in [0, 0.1) is 5.92 Å². The Balaban J connectivity index is 2.34. The molecule has 0 aromatic heterocycles. The number of rotatable bonds is 1. The van der Waals surface area contributed by atoms with Crippen molar-refractivity contribution in [2.75, 3.05) is 7.11 Å². The van der Waals surface area contributed by atoms with Crippen molar-refractivity contribution in [3.8, 4) is 0 Å². The van der Waals surface area contributed by atoms with E-state index in [9.17, 15) is 4.79 Å². The van der Waals surface area contributed by atoms with Gasteiger partial charge in [-0.1, -0.05) is 6.08 Å². The number of methoxy groups -OCH3 is 1. The van der Waals surface area contributed by atoms with Crippen LogP contribution in [0.2, 0.25) is 0 Å². The standard InChI is InChI=1S/C8H8O2/c1-10-7-4-5-2-3-6(5)8(7)9/h3-5H,2H2,1H3. The highest BCUT2D eigenvalue weighted by Gasteiger charge is 2.34. The van der Waals surface area contributed by atoms with Crippen molar-refractivity contribution in [3.05, 3.63) is 23.5 Å². The van der Waals surface area contributed by atoms with E-state index in [0.717, 1.165) is 12.0 Å². The number of carbonyl (C=O) groups is 1. The van der Waals surface area contributed by atoms with Crippen LogP contribution in [0.15, 0.2) is 23.5 Å². The van der Waals surface area contributed by atoms with Crippen molar-refractivity contribution >= 4 is 5.78 Å². The van der Waals surface area contributed by atoms with Gasteiger partial charge in [-0.15, -0.1) is 0 Å². The molecule has 2 nitrogen and oxygen atoms in total. The van der Waals surface area contributed by atoms with Gasteiger partial charge in [-0.05, 0) is 12.5 Å². The molecule has 0 aromatic carbocycles. The lowest BCUT2D eigenvalue weighted by molar-refractivity contribution is -0.114. The van der Waals surface area contributed by atoms with Gasteiger partial charge in [0.05, 0.1) is 7.11 Å². The van der Waals surface area contributed by atoms with E-state index < -0.39 is 0 Å². The summed E-state index contributed by atoms with van der Waals surface area (Å²) in [4.78, 5) is 11.1. The van der Waals surface area contributed by atoms with Gasteiger partial charge in [0.1, 0.15) is 0 Å². The minimum absolute atomic E-state index is 0.0822. The quantitative estimate of drug-likeness (QED) is 0.538.